The molecule has 168 valence electrons. The molecule has 1 N–H and O–H groups in total. The number of pyridine rings is 1. The molecule has 0 aliphatic heterocycles. The Bertz CT molecular complexity index is 883. The Morgan fingerprint density at radius 3 is 2.52 bits per heavy atom. The molecule has 8 heteroatoms. The summed E-state index contributed by atoms with van der Waals surface area (Å²) in [7, 11) is -1.77. The fraction of sp³-hybridized carbons (Fsp3) is 0.391. The summed E-state index contributed by atoms with van der Waals surface area (Å²) in [5.41, 5.74) is 0.906. The molecule has 0 spiro atoms. The van der Waals surface area contributed by atoms with Crippen LogP contribution in [-0.4, -0.2) is 32.6 Å². The largest absolute Gasteiger partial charge is 0.486 e. The third-order valence-electron chi connectivity index (χ3n) is 5.10. The molecule has 0 aliphatic rings. The van der Waals surface area contributed by atoms with Gasteiger partial charge in [-0.3, -0.25) is 5.32 Å². The van der Waals surface area contributed by atoms with Gasteiger partial charge in [0.1, 0.15) is 13.2 Å². The third kappa shape index (κ3) is 8.47. The quantitative estimate of drug-likeness (QED) is 0.308. The standard InChI is InChI=1S/C23H31BrN2O4Si/c1-23(2,3)31(4,5)30-14-10-9-13-28-20-15-19(24)16-25-21(20)26-22(27)29-17-18-11-7-6-8-12-18/h6-12,15-16H,13-14,17H2,1-5H3,(H,25,26,27)/b10-9-. The fourth-order valence-electron chi connectivity index (χ4n) is 2.23. The number of benzene rings is 1. The zero-order valence-corrected chi connectivity index (χ0v) is 21.4. The Morgan fingerprint density at radius 1 is 1.16 bits per heavy atom. The van der Waals surface area contributed by atoms with Crippen molar-refractivity contribution in [1.82, 2.24) is 4.98 Å². The van der Waals surface area contributed by atoms with Crippen molar-refractivity contribution in [3.05, 3.63) is 64.8 Å². The Kier molecular flexibility index (Phi) is 9.27. The second kappa shape index (κ2) is 11.5. The van der Waals surface area contributed by atoms with Gasteiger partial charge in [-0.05, 0) is 51.8 Å². The van der Waals surface area contributed by atoms with Crippen LogP contribution in [0.15, 0.2) is 59.2 Å². The van der Waals surface area contributed by atoms with Crippen LogP contribution in [0.2, 0.25) is 18.1 Å². The highest BCUT2D eigenvalue weighted by atomic mass is 79.9. The van der Waals surface area contributed by atoms with Gasteiger partial charge in [0.15, 0.2) is 19.9 Å². The highest BCUT2D eigenvalue weighted by Crippen LogP contribution is 2.36. The van der Waals surface area contributed by atoms with Crippen molar-refractivity contribution in [2.24, 2.45) is 0 Å². The molecular formula is C23H31BrN2O4Si. The van der Waals surface area contributed by atoms with Crippen molar-refractivity contribution in [2.45, 2.75) is 45.5 Å². The predicted molar refractivity (Wildman–Crippen MR) is 130 cm³/mol. The maximum Gasteiger partial charge on any atom is 0.413 e. The number of carbonyl (C=O) groups is 1. The maximum absolute atomic E-state index is 12.1. The lowest BCUT2D eigenvalue weighted by atomic mass is 10.2. The Hall–Kier alpha value is -2.16. The van der Waals surface area contributed by atoms with Gasteiger partial charge in [0.2, 0.25) is 0 Å². The lowest BCUT2D eigenvalue weighted by molar-refractivity contribution is 0.155. The van der Waals surface area contributed by atoms with Gasteiger partial charge in [-0.2, -0.15) is 0 Å². The van der Waals surface area contributed by atoms with E-state index in [1.807, 2.05) is 42.5 Å². The molecule has 0 aliphatic carbocycles. The molecule has 2 aromatic rings. The van der Waals surface area contributed by atoms with E-state index >= 15 is 0 Å². The van der Waals surface area contributed by atoms with E-state index in [4.69, 9.17) is 13.9 Å². The predicted octanol–water partition coefficient (Wildman–Crippen LogP) is 6.55. The average Bonchev–Trinajstić information content (AvgIpc) is 2.70. The maximum atomic E-state index is 12.1. The summed E-state index contributed by atoms with van der Waals surface area (Å²) in [6.45, 7) is 12.1. The Morgan fingerprint density at radius 2 is 1.84 bits per heavy atom. The van der Waals surface area contributed by atoms with Crippen LogP contribution in [0.3, 0.4) is 0 Å². The van der Waals surface area contributed by atoms with E-state index in [0.29, 0.717) is 24.8 Å². The van der Waals surface area contributed by atoms with Crippen molar-refractivity contribution in [2.75, 3.05) is 18.5 Å². The van der Waals surface area contributed by atoms with Gasteiger partial charge < -0.3 is 13.9 Å². The normalized spacial score (nSPS) is 12.1. The molecule has 0 bridgehead atoms. The van der Waals surface area contributed by atoms with Gasteiger partial charge in [0.05, 0.1) is 6.61 Å². The number of hydrogen-bond acceptors (Lipinski definition) is 5. The average molecular weight is 508 g/mol. The number of halogens is 1. The van der Waals surface area contributed by atoms with Crippen molar-refractivity contribution in [3.63, 3.8) is 0 Å². The van der Waals surface area contributed by atoms with Crippen LogP contribution in [0.25, 0.3) is 0 Å². The van der Waals surface area contributed by atoms with Gasteiger partial charge in [-0.15, -0.1) is 0 Å². The second-order valence-corrected chi connectivity index (χ2v) is 14.3. The number of aromatic nitrogens is 1. The first kappa shape index (κ1) is 25.1. The van der Waals surface area contributed by atoms with Crippen LogP contribution in [0, 0.1) is 0 Å². The number of nitrogens with zero attached hydrogens (tertiary/aromatic N) is 1. The number of anilines is 1. The first-order chi connectivity index (χ1) is 14.6. The van der Waals surface area contributed by atoms with E-state index in [1.165, 1.54) is 0 Å². The summed E-state index contributed by atoms with van der Waals surface area (Å²) in [6.07, 6.45) is 4.84. The molecule has 1 amide bonds. The summed E-state index contributed by atoms with van der Waals surface area (Å²) in [6, 6.07) is 11.2. The molecule has 6 nitrogen and oxygen atoms in total. The zero-order chi connectivity index (χ0) is 22.9. The third-order valence-corrected chi connectivity index (χ3v) is 10.0. The molecule has 0 fully saturated rings. The minimum atomic E-state index is -1.77. The van der Waals surface area contributed by atoms with Crippen LogP contribution >= 0.6 is 15.9 Å². The van der Waals surface area contributed by atoms with Crippen molar-refractivity contribution >= 4 is 36.2 Å². The van der Waals surface area contributed by atoms with E-state index in [1.54, 1.807) is 12.3 Å². The van der Waals surface area contributed by atoms with E-state index in [2.05, 4.69) is 60.1 Å². The zero-order valence-electron chi connectivity index (χ0n) is 18.8. The summed E-state index contributed by atoms with van der Waals surface area (Å²) >= 11 is 3.38. The number of carbonyl (C=O) groups excluding carboxylic acids is 1. The Labute approximate surface area is 194 Å². The summed E-state index contributed by atoms with van der Waals surface area (Å²) in [5.74, 6) is 0.744. The summed E-state index contributed by atoms with van der Waals surface area (Å²) in [5, 5.41) is 2.81. The van der Waals surface area contributed by atoms with Crippen molar-refractivity contribution in [1.29, 1.82) is 0 Å². The lowest BCUT2D eigenvalue weighted by Gasteiger charge is -2.35. The van der Waals surface area contributed by atoms with Crippen molar-refractivity contribution < 1.29 is 18.7 Å². The SMILES string of the molecule is CC(C)(C)[Si](C)(C)OC/C=C\COc1cc(Br)cnc1NC(=O)OCc1ccccc1. The minimum absolute atomic E-state index is 0.176. The molecular weight excluding hydrogens is 476 g/mol. The molecule has 0 unspecified atom stereocenters. The number of ether oxygens (including phenoxy) is 2. The highest BCUT2D eigenvalue weighted by molar-refractivity contribution is 9.10. The van der Waals surface area contributed by atoms with Gasteiger partial charge in [-0.25, -0.2) is 9.78 Å². The van der Waals surface area contributed by atoms with Crippen LogP contribution in [0.1, 0.15) is 26.3 Å². The molecule has 1 heterocycles. The van der Waals surface area contributed by atoms with Crippen LogP contribution < -0.4 is 10.1 Å². The number of amides is 1. The van der Waals surface area contributed by atoms with Crippen LogP contribution in [0.4, 0.5) is 10.6 Å². The molecule has 31 heavy (non-hydrogen) atoms. The summed E-state index contributed by atoms with van der Waals surface area (Å²) in [4.78, 5) is 16.4. The number of rotatable bonds is 9. The molecule has 0 saturated heterocycles. The van der Waals surface area contributed by atoms with E-state index in [-0.39, 0.29) is 11.6 Å². The summed E-state index contributed by atoms with van der Waals surface area (Å²) < 4.78 is 17.9. The van der Waals surface area contributed by atoms with Gasteiger partial charge in [0, 0.05) is 10.7 Å². The molecule has 0 atom stereocenters. The molecule has 0 radical (unpaired) electrons. The van der Waals surface area contributed by atoms with Gasteiger partial charge >= 0.3 is 6.09 Å². The monoisotopic (exact) mass is 506 g/mol. The van der Waals surface area contributed by atoms with E-state index in [0.717, 1.165) is 10.0 Å². The topological polar surface area (TPSA) is 69.7 Å². The van der Waals surface area contributed by atoms with Crippen LogP contribution in [0.5, 0.6) is 5.75 Å². The number of hydrogen-bond donors (Lipinski definition) is 1. The lowest BCUT2D eigenvalue weighted by Crippen LogP contribution is -2.40. The molecule has 1 aromatic heterocycles. The highest BCUT2D eigenvalue weighted by Gasteiger charge is 2.36. The Balaban J connectivity index is 1.86. The number of nitrogens with one attached hydrogen (secondary N) is 1. The fourth-order valence-corrected chi connectivity index (χ4v) is 3.48. The van der Waals surface area contributed by atoms with Gasteiger partial charge in [-0.1, -0.05) is 57.2 Å². The second-order valence-electron chi connectivity index (χ2n) is 8.54. The minimum Gasteiger partial charge on any atom is -0.486 e. The first-order valence-electron chi connectivity index (χ1n) is 10.1. The molecule has 1 aromatic carbocycles. The molecule has 0 saturated carbocycles. The first-order valence-corrected chi connectivity index (χ1v) is 13.8. The van der Waals surface area contributed by atoms with Crippen molar-refractivity contribution in [3.8, 4) is 5.75 Å². The van der Waals surface area contributed by atoms with E-state index < -0.39 is 14.4 Å². The van der Waals surface area contributed by atoms with E-state index in [9.17, 15) is 4.79 Å². The van der Waals surface area contributed by atoms with Crippen LogP contribution in [-0.2, 0) is 15.8 Å². The molecule has 2 rings (SSSR count). The van der Waals surface area contributed by atoms with Gasteiger partial charge in [0.25, 0.3) is 0 Å². The smallest absolute Gasteiger partial charge is 0.413 e.